The zero-order valence-electron chi connectivity index (χ0n) is 22.7. The molecule has 34 heavy (non-hydrogen) atoms. The standard InChI is InChI=1S/C32H54N2/c1-3-5-7-9-10-11-12-13-14-15-16-21-25-32(34-27-26-33-29-34)31(24-20-8-6-4-2)28-30-22-18-17-19-23-30/h17-19,22-23,26-27,29,31-32H,3-16,20-21,24-25,28H2,1-2H3/p+1. The third-order valence-electron chi connectivity index (χ3n) is 7.62. The first-order valence-electron chi connectivity index (χ1n) is 14.9. The molecular formula is C32H55N2+. The first-order chi connectivity index (χ1) is 16.8. The SMILES string of the molecule is CCCCCCCCCCCCCCC(C(CCCCCC)Cc1ccccc1)[n+]1cc[nH]c1. The molecule has 0 saturated carbocycles. The quantitative estimate of drug-likeness (QED) is 0.131. The van der Waals surface area contributed by atoms with Crippen LogP contribution in [0.2, 0.25) is 0 Å². The third-order valence-corrected chi connectivity index (χ3v) is 7.62. The van der Waals surface area contributed by atoms with Gasteiger partial charge in [0, 0.05) is 5.92 Å². The van der Waals surface area contributed by atoms with Gasteiger partial charge in [0.15, 0.2) is 0 Å². The van der Waals surface area contributed by atoms with Crippen LogP contribution >= 0.6 is 0 Å². The number of unbranched alkanes of at least 4 members (excludes halogenated alkanes) is 14. The van der Waals surface area contributed by atoms with Gasteiger partial charge in [-0.15, -0.1) is 0 Å². The number of aromatic nitrogens is 2. The zero-order chi connectivity index (χ0) is 24.1. The van der Waals surface area contributed by atoms with E-state index in [-0.39, 0.29) is 0 Å². The van der Waals surface area contributed by atoms with Gasteiger partial charge in [0.25, 0.3) is 0 Å². The second-order valence-corrected chi connectivity index (χ2v) is 10.6. The van der Waals surface area contributed by atoms with Gasteiger partial charge < -0.3 is 0 Å². The second kappa shape index (κ2) is 19.7. The first kappa shape index (κ1) is 28.7. The monoisotopic (exact) mass is 467 g/mol. The van der Waals surface area contributed by atoms with Crippen molar-refractivity contribution in [2.45, 2.75) is 142 Å². The summed E-state index contributed by atoms with van der Waals surface area (Å²) in [6, 6.07) is 11.8. The van der Waals surface area contributed by atoms with E-state index in [9.17, 15) is 0 Å². The molecule has 1 N–H and O–H groups in total. The number of hydrogen-bond donors (Lipinski definition) is 1. The molecule has 2 nitrogen and oxygen atoms in total. The molecule has 1 aromatic heterocycles. The van der Waals surface area contributed by atoms with E-state index >= 15 is 0 Å². The van der Waals surface area contributed by atoms with E-state index in [1.807, 2.05) is 0 Å². The molecule has 2 unspecified atom stereocenters. The van der Waals surface area contributed by atoms with Gasteiger partial charge >= 0.3 is 0 Å². The lowest BCUT2D eigenvalue weighted by atomic mass is 9.84. The van der Waals surface area contributed by atoms with Crippen molar-refractivity contribution < 1.29 is 4.57 Å². The maximum absolute atomic E-state index is 3.31. The molecule has 0 saturated heterocycles. The summed E-state index contributed by atoms with van der Waals surface area (Å²) < 4.78 is 2.48. The van der Waals surface area contributed by atoms with Crippen LogP contribution in [-0.4, -0.2) is 4.98 Å². The Balaban J connectivity index is 1.77. The minimum Gasteiger partial charge on any atom is -0.250 e. The topological polar surface area (TPSA) is 19.7 Å². The van der Waals surface area contributed by atoms with E-state index in [2.05, 4.69) is 72.5 Å². The van der Waals surface area contributed by atoms with Gasteiger partial charge in [-0.3, -0.25) is 4.98 Å². The zero-order valence-corrected chi connectivity index (χ0v) is 22.7. The summed E-state index contributed by atoms with van der Waals surface area (Å²) in [6.45, 7) is 4.61. The molecule has 2 rings (SSSR count). The molecule has 2 aromatic rings. The highest BCUT2D eigenvalue weighted by Gasteiger charge is 2.26. The molecule has 2 heteroatoms. The van der Waals surface area contributed by atoms with Crippen molar-refractivity contribution in [3.8, 4) is 0 Å². The minimum absolute atomic E-state index is 0.608. The van der Waals surface area contributed by atoms with Crippen LogP contribution < -0.4 is 4.57 Å². The molecule has 0 amide bonds. The van der Waals surface area contributed by atoms with Gasteiger partial charge in [0.05, 0.1) is 0 Å². The Morgan fingerprint density at radius 2 is 1.18 bits per heavy atom. The van der Waals surface area contributed by atoms with Crippen molar-refractivity contribution in [1.29, 1.82) is 0 Å². The minimum atomic E-state index is 0.608. The highest BCUT2D eigenvalue weighted by molar-refractivity contribution is 5.15. The van der Waals surface area contributed by atoms with Crippen LogP contribution in [-0.2, 0) is 6.42 Å². The third kappa shape index (κ3) is 12.8. The lowest BCUT2D eigenvalue weighted by molar-refractivity contribution is -0.730. The van der Waals surface area contributed by atoms with Crippen LogP contribution in [0.25, 0.3) is 0 Å². The number of nitrogens with zero attached hydrogens (tertiary/aromatic N) is 1. The summed E-state index contributed by atoms with van der Waals surface area (Å²) in [7, 11) is 0. The van der Waals surface area contributed by atoms with E-state index in [1.54, 1.807) is 0 Å². The van der Waals surface area contributed by atoms with Crippen LogP contribution in [0.15, 0.2) is 49.1 Å². The average Bonchev–Trinajstić information content (AvgIpc) is 3.39. The summed E-state index contributed by atoms with van der Waals surface area (Å²) in [5.41, 5.74) is 1.50. The van der Waals surface area contributed by atoms with Crippen molar-refractivity contribution in [1.82, 2.24) is 4.98 Å². The molecule has 192 valence electrons. The summed E-state index contributed by atoms with van der Waals surface area (Å²) in [5, 5.41) is 0. The van der Waals surface area contributed by atoms with Gasteiger partial charge in [-0.1, -0.05) is 140 Å². The molecule has 0 bridgehead atoms. The van der Waals surface area contributed by atoms with E-state index < -0.39 is 0 Å². The molecule has 0 aliphatic heterocycles. The van der Waals surface area contributed by atoms with Crippen molar-refractivity contribution in [2.75, 3.05) is 0 Å². The summed E-state index contributed by atoms with van der Waals surface area (Å²) in [5.74, 6) is 0.716. The van der Waals surface area contributed by atoms with Crippen LogP contribution in [0.1, 0.15) is 141 Å². The molecule has 1 heterocycles. The lowest BCUT2D eigenvalue weighted by Gasteiger charge is -2.25. The molecule has 0 aliphatic rings. The van der Waals surface area contributed by atoms with E-state index in [0.717, 1.165) is 0 Å². The van der Waals surface area contributed by atoms with Crippen molar-refractivity contribution in [3.05, 3.63) is 54.6 Å². The normalized spacial score (nSPS) is 13.2. The van der Waals surface area contributed by atoms with Crippen LogP contribution in [0.4, 0.5) is 0 Å². The summed E-state index contributed by atoms with van der Waals surface area (Å²) in [4.78, 5) is 3.31. The molecule has 2 atom stereocenters. The Morgan fingerprint density at radius 3 is 1.74 bits per heavy atom. The maximum atomic E-state index is 3.31. The van der Waals surface area contributed by atoms with Crippen molar-refractivity contribution >= 4 is 0 Å². The second-order valence-electron chi connectivity index (χ2n) is 10.6. The van der Waals surface area contributed by atoms with Crippen LogP contribution in [0.5, 0.6) is 0 Å². The Hall–Kier alpha value is -1.57. The fourth-order valence-corrected chi connectivity index (χ4v) is 5.51. The lowest BCUT2D eigenvalue weighted by Crippen LogP contribution is -2.42. The van der Waals surface area contributed by atoms with Crippen molar-refractivity contribution in [2.24, 2.45) is 5.92 Å². The molecule has 0 aliphatic carbocycles. The fourth-order valence-electron chi connectivity index (χ4n) is 5.51. The Bertz CT molecular complexity index is 664. The Morgan fingerprint density at radius 1 is 0.647 bits per heavy atom. The maximum Gasteiger partial charge on any atom is 0.241 e. The Kier molecular flexibility index (Phi) is 16.6. The molecule has 0 radical (unpaired) electrons. The van der Waals surface area contributed by atoms with Crippen LogP contribution in [0.3, 0.4) is 0 Å². The summed E-state index contributed by atoms with van der Waals surface area (Å²) in [6.07, 6.45) is 32.9. The number of aromatic amines is 1. The number of imidazole rings is 1. The number of benzene rings is 1. The molecule has 0 spiro atoms. The fraction of sp³-hybridized carbons (Fsp3) is 0.719. The predicted octanol–water partition coefficient (Wildman–Crippen LogP) is 9.76. The number of nitrogens with one attached hydrogen (secondary N) is 1. The first-order valence-corrected chi connectivity index (χ1v) is 14.9. The van der Waals surface area contributed by atoms with Crippen molar-refractivity contribution in [3.63, 3.8) is 0 Å². The average molecular weight is 468 g/mol. The Labute approximate surface area is 212 Å². The van der Waals surface area contributed by atoms with Gasteiger partial charge in [-0.25, -0.2) is 4.57 Å². The highest BCUT2D eigenvalue weighted by atomic mass is 15.1. The van der Waals surface area contributed by atoms with E-state index in [0.29, 0.717) is 12.0 Å². The molecular weight excluding hydrogens is 412 g/mol. The highest BCUT2D eigenvalue weighted by Crippen LogP contribution is 2.29. The number of rotatable bonds is 22. The van der Waals surface area contributed by atoms with Gasteiger partial charge in [-0.05, 0) is 31.2 Å². The van der Waals surface area contributed by atoms with Crippen LogP contribution in [0, 0.1) is 5.92 Å². The summed E-state index contributed by atoms with van der Waals surface area (Å²) >= 11 is 0. The molecule has 1 aromatic carbocycles. The molecule has 0 fully saturated rings. The number of H-pyrrole nitrogens is 1. The largest absolute Gasteiger partial charge is 0.250 e. The van der Waals surface area contributed by atoms with Gasteiger partial charge in [0.2, 0.25) is 6.33 Å². The smallest absolute Gasteiger partial charge is 0.241 e. The predicted molar refractivity (Wildman–Crippen MR) is 148 cm³/mol. The van der Waals surface area contributed by atoms with Gasteiger partial charge in [0.1, 0.15) is 18.4 Å². The number of hydrogen-bond acceptors (Lipinski definition) is 0. The van der Waals surface area contributed by atoms with E-state index in [4.69, 9.17) is 0 Å². The van der Waals surface area contributed by atoms with Gasteiger partial charge in [-0.2, -0.15) is 0 Å². The van der Waals surface area contributed by atoms with E-state index in [1.165, 1.54) is 128 Å².